The van der Waals surface area contributed by atoms with Crippen LogP contribution in [0.2, 0.25) is 0 Å². The van der Waals surface area contributed by atoms with Crippen molar-refractivity contribution < 1.29 is 23.1 Å². The smallest absolute Gasteiger partial charge is 0.416 e. The number of hydrogen-bond donors (Lipinski definition) is 1. The van der Waals surface area contributed by atoms with E-state index in [0.29, 0.717) is 26.2 Å². The number of alkyl halides is 3. The molecule has 0 aromatic heterocycles. The van der Waals surface area contributed by atoms with Crippen molar-refractivity contribution in [3.63, 3.8) is 0 Å². The summed E-state index contributed by atoms with van der Waals surface area (Å²) < 4.78 is 37.4. The van der Waals surface area contributed by atoms with Crippen molar-refractivity contribution in [2.24, 2.45) is 0 Å². The summed E-state index contributed by atoms with van der Waals surface area (Å²) >= 11 is 0. The van der Waals surface area contributed by atoms with E-state index < -0.39 is 17.7 Å². The Bertz CT molecular complexity index is 467. The van der Waals surface area contributed by atoms with Crippen molar-refractivity contribution >= 4 is 11.7 Å². The molecule has 0 amide bonds. The molecule has 0 saturated carbocycles. The first kappa shape index (κ1) is 18.3. The zero-order valence-corrected chi connectivity index (χ0v) is 12.7. The lowest BCUT2D eigenvalue weighted by Crippen LogP contribution is -2.47. The summed E-state index contributed by atoms with van der Waals surface area (Å²) in [6.45, 7) is 6.40. The number of piperazine rings is 1. The van der Waals surface area contributed by atoms with Gasteiger partial charge in [-0.3, -0.25) is 9.69 Å². The number of carboxylic acids is 1. The SMILES string of the molecule is CC.O=C(O)CN1CCN(c2ccc(C(F)(F)F)cc2)CC1. The lowest BCUT2D eigenvalue weighted by Gasteiger charge is -2.35. The van der Waals surface area contributed by atoms with E-state index in [0.717, 1.165) is 17.8 Å². The van der Waals surface area contributed by atoms with Gasteiger partial charge in [0.05, 0.1) is 12.1 Å². The van der Waals surface area contributed by atoms with Gasteiger partial charge in [-0.25, -0.2) is 0 Å². The highest BCUT2D eigenvalue weighted by atomic mass is 19.4. The van der Waals surface area contributed by atoms with Crippen molar-refractivity contribution in [2.75, 3.05) is 37.6 Å². The molecule has 1 aliphatic rings. The predicted octanol–water partition coefficient (Wildman–Crippen LogP) is 2.94. The van der Waals surface area contributed by atoms with Gasteiger partial charge in [0, 0.05) is 31.9 Å². The maximum atomic E-state index is 12.5. The average molecular weight is 318 g/mol. The van der Waals surface area contributed by atoms with E-state index in [1.807, 2.05) is 23.6 Å². The highest BCUT2D eigenvalue weighted by Crippen LogP contribution is 2.30. The van der Waals surface area contributed by atoms with E-state index in [4.69, 9.17) is 5.11 Å². The fraction of sp³-hybridized carbons (Fsp3) is 0.533. The number of carbonyl (C=O) groups is 1. The van der Waals surface area contributed by atoms with E-state index in [1.54, 1.807) is 0 Å². The highest BCUT2D eigenvalue weighted by molar-refractivity contribution is 5.69. The molecule has 0 bridgehead atoms. The number of benzene rings is 1. The van der Waals surface area contributed by atoms with Gasteiger partial charge in [0.25, 0.3) is 0 Å². The van der Waals surface area contributed by atoms with Crippen LogP contribution in [0, 0.1) is 0 Å². The normalized spacial score (nSPS) is 16.0. The lowest BCUT2D eigenvalue weighted by atomic mass is 10.1. The average Bonchev–Trinajstić information content (AvgIpc) is 2.49. The summed E-state index contributed by atoms with van der Waals surface area (Å²) in [6, 6.07) is 5.04. The van der Waals surface area contributed by atoms with Crippen LogP contribution in [0.4, 0.5) is 18.9 Å². The molecule has 22 heavy (non-hydrogen) atoms. The van der Waals surface area contributed by atoms with Crippen molar-refractivity contribution in [3.8, 4) is 0 Å². The van der Waals surface area contributed by atoms with Crippen molar-refractivity contribution in [2.45, 2.75) is 20.0 Å². The van der Waals surface area contributed by atoms with E-state index >= 15 is 0 Å². The minimum absolute atomic E-state index is 0.000845. The Hall–Kier alpha value is -1.76. The molecule has 1 fully saturated rings. The van der Waals surface area contributed by atoms with Crippen LogP contribution in [0.15, 0.2) is 24.3 Å². The van der Waals surface area contributed by atoms with Gasteiger partial charge in [0.15, 0.2) is 0 Å². The highest BCUT2D eigenvalue weighted by Gasteiger charge is 2.30. The zero-order chi connectivity index (χ0) is 16.8. The molecule has 0 atom stereocenters. The number of nitrogens with zero attached hydrogens (tertiary/aromatic N) is 2. The van der Waals surface area contributed by atoms with E-state index in [9.17, 15) is 18.0 Å². The standard InChI is InChI=1S/C13H15F3N2O2.C2H6/c14-13(15,16)10-1-3-11(4-2-10)18-7-5-17(6-8-18)9-12(19)20;1-2/h1-4H,5-9H2,(H,19,20);1-2H3. The first-order valence-corrected chi connectivity index (χ1v) is 7.22. The van der Waals surface area contributed by atoms with Gasteiger partial charge >= 0.3 is 12.1 Å². The van der Waals surface area contributed by atoms with Crippen LogP contribution in [0.1, 0.15) is 19.4 Å². The number of aliphatic carboxylic acids is 1. The number of rotatable bonds is 3. The summed E-state index contributed by atoms with van der Waals surface area (Å²) in [6.07, 6.45) is -4.32. The van der Waals surface area contributed by atoms with Gasteiger partial charge in [-0.1, -0.05) is 13.8 Å². The molecule has 1 saturated heterocycles. The lowest BCUT2D eigenvalue weighted by molar-refractivity contribution is -0.138. The minimum Gasteiger partial charge on any atom is -0.480 e. The van der Waals surface area contributed by atoms with Crippen LogP contribution in [-0.4, -0.2) is 48.7 Å². The maximum absolute atomic E-state index is 12.5. The van der Waals surface area contributed by atoms with Gasteiger partial charge in [0.1, 0.15) is 0 Å². The van der Waals surface area contributed by atoms with Crippen LogP contribution in [0.3, 0.4) is 0 Å². The molecule has 0 unspecified atom stereocenters. The van der Waals surface area contributed by atoms with E-state index in [1.165, 1.54) is 12.1 Å². The molecule has 7 heteroatoms. The van der Waals surface area contributed by atoms with Crippen LogP contribution in [-0.2, 0) is 11.0 Å². The Morgan fingerprint density at radius 3 is 2.00 bits per heavy atom. The number of hydrogen-bond acceptors (Lipinski definition) is 3. The Morgan fingerprint density at radius 2 is 1.59 bits per heavy atom. The summed E-state index contributed by atoms with van der Waals surface area (Å²) in [5.41, 5.74) is 0.0683. The molecular weight excluding hydrogens is 297 g/mol. The van der Waals surface area contributed by atoms with Crippen LogP contribution in [0.5, 0.6) is 0 Å². The second-order valence-electron chi connectivity index (χ2n) is 4.70. The molecule has 1 N–H and O–H groups in total. The van der Waals surface area contributed by atoms with E-state index in [-0.39, 0.29) is 6.54 Å². The van der Waals surface area contributed by atoms with Crippen molar-refractivity contribution in [1.29, 1.82) is 0 Å². The quantitative estimate of drug-likeness (QED) is 0.930. The minimum atomic E-state index is -4.32. The fourth-order valence-electron chi connectivity index (χ4n) is 2.22. The Balaban J connectivity index is 0.00000116. The molecule has 124 valence electrons. The molecule has 2 rings (SSSR count). The van der Waals surface area contributed by atoms with Crippen molar-refractivity contribution in [1.82, 2.24) is 4.90 Å². The van der Waals surface area contributed by atoms with Gasteiger partial charge < -0.3 is 10.0 Å². The Morgan fingerprint density at radius 1 is 1.09 bits per heavy atom. The van der Waals surface area contributed by atoms with Gasteiger partial charge in [-0.05, 0) is 24.3 Å². The third kappa shape index (κ3) is 5.22. The van der Waals surface area contributed by atoms with Gasteiger partial charge in [-0.15, -0.1) is 0 Å². The zero-order valence-electron chi connectivity index (χ0n) is 12.7. The molecule has 1 heterocycles. The third-order valence-corrected chi connectivity index (χ3v) is 3.29. The number of carboxylic acid groups (broad SMARTS) is 1. The third-order valence-electron chi connectivity index (χ3n) is 3.29. The molecule has 1 aliphatic heterocycles. The summed E-state index contributed by atoms with van der Waals surface area (Å²) in [5, 5.41) is 8.69. The fourth-order valence-corrected chi connectivity index (χ4v) is 2.22. The molecule has 1 aromatic rings. The molecular formula is C15H21F3N2O2. The van der Waals surface area contributed by atoms with Gasteiger partial charge in [0.2, 0.25) is 0 Å². The monoisotopic (exact) mass is 318 g/mol. The topological polar surface area (TPSA) is 43.8 Å². The number of anilines is 1. The first-order valence-electron chi connectivity index (χ1n) is 7.22. The molecule has 0 radical (unpaired) electrons. The van der Waals surface area contributed by atoms with Crippen LogP contribution < -0.4 is 4.90 Å². The maximum Gasteiger partial charge on any atom is 0.416 e. The first-order chi connectivity index (χ1) is 10.4. The van der Waals surface area contributed by atoms with E-state index in [2.05, 4.69) is 0 Å². The second-order valence-corrected chi connectivity index (χ2v) is 4.70. The summed E-state index contributed by atoms with van der Waals surface area (Å²) in [7, 11) is 0. The molecule has 0 spiro atoms. The van der Waals surface area contributed by atoms with Crippen LogP contribution in [0.25, 0.3) is 0 Å². The largest absolute Gasteiger partial charge is 0.480 e. The van der Waals surface area contributed by atoms with Crippen molar-refractivity contribution in [3.05, 3.63) is 29.8 Å². The van der Waals surface area contributed by atoms with Gasteiger partial charge in [-0.2, -0.15) is 13.2 Å². The molecule has 4 nitrogen and oxygen atoms in total. The Labute approximate surface area is 128 Å². The number of halogens is 3. The summed E-state index contributed by atoms with van der Waals surface area (Å²) in [4.78, 5) is 14.4. The Kier molecular flexibility index (Phi) is 6.67. The van der Waals surface area contributed by atoms with Crippen LogP contribution >= 0.6 is 0 Å². The summed E-state index contributed by atoms with van der Waals surface area (Å²) in [5.74, 6) is -0.868. The second kappa shape index (κ2) is 8.03. The predicted molar refractivity (Wildman–Crippen MR) is 79.1 cm³/mol. The molecule has 0 aliphatic carbocycles. The molecule has 1 aromatic carbocycles.